The summed E-state index contributed by atoms with van der Waals surface area (Å²) in [6.45, 7) is 15.2. The van der Waals surface area contributed by atoms with Crippen molar-refractivity contribution in [3.8, 4) is 5.75 Å². The molecule has 9 heteroatoms. The fourth-order valence-electron chi connectivity index (χ4n) is 7.73. The first-order valence-corrected chi connectivity index (χ1v) is 19.8. The van der Waals surface area contributed by atoms with Gasteiger partial charge in [0, 0.05) is 48.4 Å². The van der Waals surface area contributed by atoms with Crippen molar-refractivity contribution in [2.24, 2.45) is 5.92 Å². The Morgan fingerprint density at radius 1 is 1.09 bits per heavy atom. The van der Waals surface area contributed by atoms with Crippen LogP contribution in [-0.4, -0.2) is 62.8 Å². The van der Waals surface area contributed by atoms with E-state index < -0.39 is 13.9 Å². The highest BCUT2D eigenvalue weighted by molar-refractivity contribution is 6.74. The molecule has 3 heterocycles. The number of hydrogen-bond donors (Lipinski definition) is 1. The number of aromatic nitrogens is 1. The Morgan fingerprint density at radius 2 is 1.78 bits per heavy atom. The van der Waals surface area contributed by atoms with Crippen LogP contribution in [0.2, 0.25) is 18.1 Å². The van der Waals surface area contributed by atoms with Gasteiger partial charge in [0.25, 0.3) is 0 Å². The Kier molecular flexibility index (Phi) is 8.62. The number of nitrogens with zero attached hydrogens (tertiary/aromatic N) is 2. The molecule has 0 radical (unpaired) electrons. The molecule has 0 bridgehead atoms. The van der Waals surface area contributed by atoms with Crippen LogP contribution in [0.15, 0.2) is 42.5 Å². The number of methoxy groups -OCH3 is 1. The van der Waals surface area contributed by atoms with Crippen LogP contribution < -0.4 is 10.1 Å². The molecule has 0 amide bonds. The number of benzene rings is 2. The summed E-state index contributed by atoms with van der Waals surface area (Å²) >= 11 is 0. The number of piperidine rings is 1. The highest BCUT2D eigenvalue weighted by Gasteiger charge is 2.61. The van der Waals surface area contributed by atoms with Gasteiger partial charge in [0.15, 0.2) is 14.1 Å². The lowest BCUT2D eigenvalue weighted by molar-refractivity contribution is -0.146. The second-order valence-corrected chi connectivity index (χ2v) is 20.1. The van der Waals surface area contributed by atoms with Gasteiger partial charge >= 0.3 is 0 Å². The third-order valence-corrected chi connectivity index (χ3v) is 16.1. The SMILES string of the molecule is COc1ccc2c3c(n(C(C)=O)c2c1)C(CO[Si](C)(C)C(C)(C)C)(C(=O)C1CCC1)N(Cc1ccccc1F)CC31CCNCC1. The lowest BCUT2D eigenvalue weighted by Gasteiger charge is -2.56. The molecule has 3 aromatic rings. The number of nitrogens with one attached hydrogen (secondary N) is 1. The van der Waals surface area contributed by atoms with E-state index >= 15 is 9.18 Å². The Morgan fingerprint density at radius 3 is 2.37 bits per heavy atom. The van der Waals surface area contributed by atoms with Gasteiger partial charge in [0.1, 0.15) is 17.1 Å². The van der Waals surface area contributed by atoms with Crippen LogP contribution in [0, 0.1) is 11.7 Å². The standard InChI is InChI=1S/C37H50FN3O4Si/c1-25(42)41-31-21-28(44-5)15-16-29(31)32-33(41)37(34(43)26-12-10-13-26,24-45-46(6,7)35(2,3)4)40(22-27-11-8-9-14-30(27)38)23-36(32)17-19-39-20-18-36/h8-9,11,14-16,21,26,39H,10,12-13,17-20,22-24H2,1-7H3. The number of carbonyl (C=O) groups excluding carboxylic acids is 2. The fraction of sp³-hybridized carbons (Fsp3) is 0.568. The average Bonchev–Trinajstić information content (AvgIpc) is 3.33. The summed E-state index contributed by atoms with van der Waals surface area (Å²) in [5.74, 6) is 0.153. The first kappa shape index (κ1) is 33.1. The number of carbonyl (C=O) groups is 2. The lowest BCUT2D eigenvalue weighted by atomic mass is 9.62. The highest BCUT2D eigenvalue weighted by atomic mass is 28.4. The monoisotopic (exact) mass is 647 g/mol. The summed E-state index contributed by atoms with van der Waals surface area (Å²) in [6.07, 6.45) is 4.30. The van der Waals surface area contributed by atoms with Crippen LogP contribution in [0.25, 0.3) is 10.9 Å². The van der Waals surface area contributed by atoms with Crippen LogP contribution in [0.4, 0.5) is 4.39 Å². The van der Waals surface area contributed by atoms with E-state index in [1.165, 1.54) is 6.07 Å². The molecule has 7 nitrogen and oxygen atoms in total. The van der Waals surface area contributed by atoms with Crippen molar-refractivity contribution in [3.05, 3.63) is 65.1 Å². The van der Waals surface area contributed by atoms with Gasteiger partial charge < -0.3 is 14.5 Å². The second kappa shape index (κ2) is 12.0. The van der Waals surface area contributed by atoms with Crippen molar-refractivity contribution in [2.75, 3.05) is 33.4 Å². The topological polar surface area (TPSA) is 72.8 Å². The third kappa shape index (κ3) is 5.27. The molecule has 1 aromatic heterocycles. The molecule has 1 atom stereocenters. The first-order valence-electron chi connectivity index (χ1n) is 16.9. The molecular formula is C37H50FN3O4Si. The Labute approximate surface area is 273 Å². The second-order valence-electron chi connectivity index (χ2n) is 15.3. The maximum Gasteiger partial charge on any atom is 0.228 e. The molecular weight excluding hydrogens is 598 g/mol. The summed E-state index contributed by atoms with van der Waals surface area (Å²) in [4.78, 5) is 31.6. The molecule has 2 aromatic carbocycles. The Hall–Kier alpha value is -2.85. The summed E-state index contributed by atoms with van der Waals surface area (Å²) in [5.41, 5.74) is 1.47. The van der Waals surface area contributed by atoms with Gasteiger partial charge in [-0.05, 0) is 80.7 Å². The average molecular weight is 648 g/mol. The van der Waals surface area contributed by atoms with Crippen LogP contribution >= 0.6 is 0 Å². The Balaban J connectivity index is 1.71. The number of Topliss-reactive ketones (excluding diaryl/α,β-unsaturated/α-hetero) is 1. The van der Waals surface area contributed by atoms with Gasteiger partial charge in [-0.1, -0.05) is 45.4 Å². The third-order valence-electron chi connectivity index (χ3n) is 11.7. The molecule has 6 rings (SSSR count). The number of fused-ring (bicyclic) bond motifs is 4. The van der Waals surface area contributed by atoms with Gasteiger partial charge in [0.05, 0.1) is 24.9 Å². The summed E-state index contributed by atoms with van der Waals surface area (Å²) in [5, 5.41) is 4.42. The van der Waals surface area contributed by atoms with Crippen molar-refractivity contribution in [1.82, 2.24) is 14.8 Å². The van der Waals surface area contributed by atoms with Gasteiger partial charge in [-0.15, -0.1) is 0 Å². The van der Waals surface area contributed by atoms with Crippen LogP contribution in [-0.2, 0) is 26.7 Å². The molecule has 1 aliphatic carbocycles. The van der Waals surface area contributed by atoms with E-state index in [1.54, 1.807) is 24.7 Å². The van der Waals surface area contributed by atoms with E-state index in [2.05, 4.69) is 50.1 Å². The van der Waals surface area contributed by atoms with Gasteiger partial charge in [-0.3, -0.25) is 19.1 Å². The number of hydrogen-bond acceptors (Lipinski definition) is 6. The zero-order chi connectivity index (χ0) is 33.1. The van der Waals surface area contributed by atoms with Crippen molar-refractivity contribution in [2.45, 2.75) is 95.4 Å². The highest BCUT2D eigenvalue weighted by Crippen LogP contribution is 2.55. The van der Waals surface area contributed by atoms with E-state index in [0.717, 1.165) is 67.4 Å². The van der Waals surface area contributed by atoms with Crippen molar-refractivity contribution < 1.29 is 23.1 Å². The number of ether oxygens (including phenoxy) is 1. The molecule has 1 N–H and O–H groups in total. The number of halogens is 1. The van der Waals surface area contributed by atoms with Crippen LogP contribution in [0.3, 0.4) is 0 Å². The van der Waals surface area contributed by atoms with Crippen molar-refractivity contribution in [3.63, 3.8) is 0 Å². The zero-order valence-electron chi connectivity index (χ0n) is 28.6. The molecule has 2 fully saturated rings. The quantitative estimate of drug-likeness (QED) is 0.262. The summed E-state index contributed by atoms with van der Waals surface area (Å²) in [6, 6.07) is 12.8. The molecule has 248 valence electrons. The minimum atomic E-state index is -2.39. The van der Waals surface area contributed by atoms with E-state index in [9.17, 15) is 4.79 Å². The molecule has 2 aliphatic heterocycles. The summed E-state index contributed by atoms with van der Waals surface area (Å²) < 4.78 is 30.1. The minimum absolute atomic E-state index is 0.0936. The first-order chi connectivity index (χ1) is 21.8. The van der Waals surface area contributed by atoms with Gasteiger partial charge in [-0.25, -0.2) is 4.39 Å². The zero-order valence-corrected chi connectivity index (χ0v) is 29.6. The van der Waals surface area contributed by atoms with Gasteiger partial charge in [-0.2, -0.15) is 0 Å². The summed E-state index contributed by atoms with van der Waals surface area (Å²) in [7, 11) is -0.757. The smallest absolute Gasteiger partial charge is 0.228 e. The molecule has 3 aliphatic rings. The van der Waals surface area contributed by atoms with Crippen LogP contribution in [0.5, 0.6) is 5.75 Å². The normalized spacial score (nSPS) is 22.1. The Bertz CT molecular complexity index is 1650. The van der Waals surface area contributed by atoms with E-state index in [0.29, 0.717) is 17.9 Å². The molecule has 1 unspecified atom stereocenters. The van der Waals surface area contributed by atoms with Crippen molar-refractivity contribution >= 4 is 30.9 Å². The number of ketones is 1. The minimum Gasteiger partial charge on any atom is -0.497 e. The number of rotatable bonds is 8. The van der Waals surface area contributed by atoms with Crippen molar-refractivity contribution in [1.29, 1.82) is 0 Å². The fourth-order valence-corrected chi connectivity index (χ4v) is 8.73. The molecule has 1 saturated heterocycles. The molecule has 46 heavy (non-hydrogen) atoms. The maximum atomic E-state index is 15.5. The molecule has 1 spiro atoms. The van der Waals surface area contributed by atoms with Crippen LogP contribution in [0.1, 0.15) is 81.4 Å². The predicted molar refractivity (Wildman–Crippen MR) is 183 cm³/mol. The lowest BCUT2D eigenvalue weighted by Crippen LogP contribution is -2.66. The van der Waals surface area contributed by atoms with E-state index in [4.69, 9.17) is 9.16 Å². The largest absolute Gasteiger partial charge is 0.497 e. The molecule has 1 saturated carbocycles. The van der Waals surface area contributed by atoms with E-state index in [-0.39, 0.29) is 47.0 Å². The predicted octanol–water partition coefficient (Wildman–Crippen LogP) is 7.17. The maximum absolute atomic E-state index is 15.5. The van der Waals surface area contributed by atoms with Gasteiger partial charge in [0.2, 0.25) is 5.91 Å². The van der Waals surface area contributed by atoms with E-state index in [1.807, 2.05) is 24.3 Å².